The summed E-state index contributed by atoms with van der Waals surface area (Å²) in [6.07, 6.45) is 5.37. The number of aromatic nitrogens is 4. The van der Waals surface area contributed by atoms with Gasteiger partial charge in [0.05, 0.1) is 0 Å². The number of aryl methyl sites for hydroxylation is 1. The lowest BCUT2D eigenvalue weighted by Crippen LogP contribution is -2.30. The molecule has 0 radical (unpaired) electrons. The van der Waals surface area contributed by atoms with Gasteiger partial charge in [0, 0.05) is 19.6 Å². The number of rotatable bonds is 4. The van der Waals surface area contributed by atoms with Gasteiger partial charge in [-0.25, -0.2) is 4.79 Å². The second kappa shape index (κ2) is 5.75. The van der Waals surface area contributed by atoms with E-state index in [1.807, 2.05) is 0 Å². The molecule has 1 aliphatic rings. The summed E-state index contributed by atoms with van der Waals surface area (Å²) < 4.78 is 1.56. The van der Waals surface area contributed by atoms with Crippen LogP contribution in [-0.4, -0.2) is 32.6 Å². The van der Waals surface area contributed by atoms with Crippen LogP contribution in [0.25, 0.3) is 11.2 Å². The first-order valence-electron chi connectivity index (χ1n) is 7.68. The van der Waals surface area contributed by atoms with Crippen LogP contribution in [0.15, 0.2) is 9.59 Å². The highest BCUT2D eigenvalue weighted by atomic mass is 16.2. The van der Waals surface area contributed by atoms with Crippen molar-refractivity contribution in [1.29, 1.82) is 0 Å². The molecule has 1 aliphatic heterocycles. The summed E-state index contributed by atoms with van der Waals surface area (Å²) >= 11 is 0. The number of H-pyrrole nitrogens is 2. The SMILES string of the molecule is CCCCn1c(=O)[nH]c(=O)c2[nH]c(N3CCCCC3)nc21. The van der Waals surface area contributed by atoms with Crippen LogP contribution in [0.1, 0.15) is 39.0 Å². The minimum absolute atomic E-state index is 0.377. The van der Waals surface area contributed by atoms with Crippen LogP contribution in [0.2, 0.25) is 0 Å². The molecular formula is C14H21N5O2. The number of unbranched alkanes of at least 4 members (excludes halogenated alkanes) is 1. The van der Waals surface area contributed by atoms with Gasteiger partial charge in [0.15, 0.2) is 11.2 Å². The van der Waals surface area contributed by atoms with E-state index in [0.717, 1.165) is 38.8 Å². The van der Waals surface area contributed by atoms with Crippen molar-refractivity contribution in [2.24, 2.45) is 0 Å². The molecular weight excluding hydrogens is 270 g/mol. The van der Waals surface area contributed by atoms with Crippen molar-refractivity contribution >= 4 is 17.1 Å². The normalized spacial score (nSPS) is 15.8. The smallest absolute Gasteiger partial charge is 0.330 e. The zero-order valence-electron chi connectivity index (χ0n) is 12.3. The van der Waals surface area contributed by atoms with Crippen LogP contribution >= 0.6 is 0 Å². The molecule has 3 heterocycles. The highest BCUT2D eigenvalue weighted by molar-refractivity contribution is 5.72. The van der Waals surface area contributed by atoms with Crippen molar-refractivity contribution in [2.45, 2.75) is 45.6 Å². The topological polar surface area (TPSA) is 86.8 Å². The van der Waals surface area contributed by atoms with Crippen molar-refractivity contribution in [3.8, 4) is 0 Å². The predicted octanol–water partition coefficient (Wildman–Crippen LogP) is 1.20. The molecule has 2 N–H and O–H groups in total. The fourth-order valence-electron chi connectivity index (χ4n) is 2.81. The average molecular weight is 291 g/mol. The van der Waals surface area contributed by atoms with E-state index in [1.54, 1.807) is 4.57 Å². The molecule has 1 saturated heterocycles. The number of hydrogen-bond acceptors (Lipinski definition) is 4. The summed E-state index contributed by atoms with van der Waals surface area (Å²) in [6, 6.07) is 0. The molecule has 3 rings (SSSR count). The molecule has 0 unspecified atom stereocenters. The summed E-state index contributed by atoms with van der Waals surface area (Å²) in [6.45, 7) is 4.53. The number of piperidine rings is 1. The molecule has 0 bridgehead atoms. The van der Waals surface area contributed by atoms with E-state index in [2.05, 4.69) is 26.8 Å². The second-order valence-corrected chi connectivity index (χ2v) is 5.57. The zero-order chi connectivity index (χ0) is 14.8. The molecule has 21 heavy (non-hydrogen) atoms. The van der Waals surface area contributed by atoms with Crippen molar-refractivity contribution in [2.75, 3.05) is 18.0 Å². The Balaban J connectivity index is 2.08. The van der Waals surface area contributed by atoms with Gasteiger partial charge in [-0.05, 0) is 25.7 Å². The maximum Gasteiger partial charge on any atom is 0.330 e. The molecule has 2 aromatic rings. The van der Waals surface area contributed by atoms with E-state index in [4.69, 9.17) is 0 Å². The zero-order valence-corrected chi connectivity index (χ0v) is 12.3. The Hall–Kier alpha value is -2.05. The van der Waals surface area contributed by atoms with Gasteiger partial charge in [-0.15, -0.1) is 0 Å². The third-order valence-electron chi connectivity index (χ3n) is 4.01. The molecule has 2 aromatic heterocycles. The summed E-state index contributed by atoms with van der Waals surface area (Å²) in [5, 5.41) is 0. The van der Waals surface area contributed by atoms with Gasteiger partial charge in [-0.2, -0.15) is 4.98 Å². The molecule has 0 aromatic carbocycles. The number of imidazole rings is 1. The second-order valence-electron chi connectivity index (χ2n) is 5.57. The summed E-state index contributed by atoms with van der Waals surface area (Å²) in [5.74, 6) is 0.700. The van der Waals surface area contributed by atoms with Crippen LogP contribution in [-0.2, 0) is 6.54 Å². The highest BCUT2D eigenvalue weighted by Crippen LogP contribution is 2.18. The molecule has 7 nitrogen and oxygen atoms in total. The number of hydrogen-bond donors (Lipinski definition) is 2. The maximum absolute atomic E-state index is 12.0. The summed E-state index contributed by atoms with van der Waals surface area (Å²) in [4.78, 5) is 36.1. The monoisotopic (exact) mass is 291 g/mol. The third kappa shape index (κ3) is 2.59. The van der Waals surface area contributed by atoms with Crippen LogP contribution in [0, 0.1) is 0 Å². The minimum atomic E-state index is -0.390. The van der Waals surface area contributed by atoms with Crippen LogP contribution in [0.4, 0.5) is 5.95 Å². The summed E-state index contributed by atoms with van der Waals surface area (Å²) in [5.41, 5.74) is 0.0974. The fourth-order valence-corrected chi connectivity index (χ4v) is 2.81. The average Bonchev–Trinajstić information content (AvgIpc) is 2.93. The minimum Gasteiger partial charge on any atom is -0.342 e. The summed E-state index contributed by atoms with van der Waals surface area (Å²) in [7, 11) is 0. The third-order valence-corrected chi connectivity index (χ3v) is 4.01. The first-order valence-corrected chi connectivity index (χ1v) is 7.68. The Morgan fingerprint density at radius 2 is 1.90 bits per heavy atom. The lowest BCUT2D eigenvalue weighted by molar-refractivity contribution is 0.569. The Labute approximate surface area is 122 Å². The predicted molar refractivity (Wildman–Crippen MR) is 81.9 cm³/mol. The van der Waals surface area contributed by atoms with Gasteiger partial charge in [-0.1, -0.05) is 13.3 Å². The van der Waals surface area contributed by atoms with E-state index < -0.39 is 5.56 Å². The molecule has 0 atom stereocenters. The molecule has 0 spiro atoms. The molecule has 114 valence electrons. The van der Waals surface area contributed by atoms with Crippen molar-refractivity contribution in [3.63, 3.8) is 0 Å². The number of anilines is 1. The first kappa shape index (κ1) is 13.9. The molecule has 7 heteroatoms. The van der Waals surface area contributed by atoms with Gasteiger partial charge in [0.1, 0.15) is 0 Å². The standard InChI is InChI=1S/C14H21N5O2/c1-2-3-9-19-11-10(12(20)17-14(19)21)15-13(16-11)18-7-5-4-6-8-18/h2-9H2,1H3,(H,15,16)(H,17,20,21). The quantitative estimate of drug-likeness (QED) is 0.886. The molecule has 0 amide bonds. The molecule has 0 aliphatic carbocycles. The number of nitrogens with zero attached hydrogens (tertiary/aromatic N) is 3. The van der Waals surface area contributed by atoms with E-state index in [-0.39, 0.29) is 5.69 Å². The molecule has 1 fully saturated rings. The first-order chi connectivity index (χ1) is 10.2. The van der Waals surface area contributed by atoms with E-state index in [1.165, 1.54) is 6.42 Å². The van der Waals surface area contributed by atoms with E-state index >= 15 is 0 Å². The lowest BCUT2D eigenvalue weighted by atomic mass is 10.1. The largest absolute Gasteiger partial charge is 0.342 e. The van der Waals surface area contributed by atoms with E-state index in [0.29, 0.717) is 23.7 Å². The van der Waals surface area contributed by atoms with Crippen LogP contribution in [0.3, 0.4) is 0 Å². The van der Waals surface area contributed by atoms with Gasteiger partial charge >= 0.3 is 5.69 Å². The van der Waals surface area contributed by atoms with Crippen molar-refractivity contribution < 1.29 is 0 Å². The maximum atomic E-state index is 12.0. The van der Waals surface area contributed by atoms with Crippen molar-refractivity contribution in [1.82, 2.24) is 19.5 Å². The Morgan fingerprint density at radius 3 is 2.62 bits per heavy atom. The van der Waals surface area contributed by atoms with Gasteiger partial charge in [-0.3, -0.25) is 14.3 Å². The number of nitrogens with one attached hydrogen (secondary N) is 2. The van der Waals surface area contributed by atoms with Crippen molar-refractivity contribution in [3.05, 3.63) is 20.8 Å². The van der Waals surface area contributed by atoms with Crippen LogP contribution < -0.4 is 16.1 Å². The Morgan fingerprint density at radius 1 is 1.14 bits per heavy atom. The Bertz CT molecular complexity index is 736. The van der Waals surface area contributed by atoms with E-state index in [9.17, 15) is 9.59 Å². The number of fused-ring (bicyclic) bond motifs is 1. The lowest BCUT2D eigenvalue weighted by Gasteiger charge is -2.25. The highest BCUT2D eigenvalue weighted by Gasteiger charge is 2.18. The van der Waals surface area contributed by atoms with Gasteiger partial charge in [0.25, 0.3) is 5.56 Å². The van der Waals surface area contributed by atoms with Crippen LogP contribution in [0.5, 0.6) is 0 Å². The number of aromatic amines is 2. The Kier molecular flexibility index (Phi) is 3.81. The molecule has 0 saturated carbocycles. The fraction of sp³-hybridized carbons (Fsp3) is 0.643. The van der Waals surface area contributed by atoms with Gasteiger partial charge in [0.2, 0.25) is 5.95 Å². The van der Waals surface area contributed by atoms with Gasteiger partial charge < -0.3 is 9.88 Å².